The van der Waals surface area contributed by atoms with Crippen LogP contribution < -0.4 is 0 Å². The minimum atomic E-state index is -0.738. The maximum Gasteiger partial charge on any atom is 0.345 e. The fourth-order valence-electron chi connectivity index (χ4n) is 1.34. The number of esters is 1. The highest BCUT2D eigenvalue weighted by atomic mass is 16.5. The standard InChI is InChI=1S/C11H14N2O4/c1-4-17-11(16)9(7(3)14)10-12-6(2)5-8(15)13-10/h14H,4-5H2,1-3H3. The van der Waals surface area contributed by atoms with Gasteiger partial charge < -0.3 is 9.84 Å². The Morgan fingerprint density at radius 3 is 2.59 bits per heavy atom. The molecule has 6 heteroatoms. The van der Waals surface area contributed by atoms with E-state index in [4.69, 9.17) is 4.74 Å². The van der Waals surface area contributed by atoms with Crippen molar-refractivity contribution in [2.75, 3.05) is 6.61 Å². The number of aliphatic hydroxyl groups is 1. The topological polar surface area (TPSA) is 88.3 Å². The van der Waals surface area contributed by atoms with Crippen molar-refractivity contribution in [2.45, 2.75) is 27.2 Å². The van der Waals surface area contributed by atoms with Crippen LogP contribution in [0.25, 0.3) is 0 Å². The van der Waals surface area contributed by atoms with E-state index in [0.29, 0.717) is 5.71 Å². The molecule has 1 aliphatic heterocycles. The third-order valence-electron chi connectivity index (χ3n) is 2.00. The van der Waals surface area contributed by atoms with Crippen LogP contribution in [0, 0.1) is 0 Å². The molecular weight excluding hydrogens is 224 g/mol. The summed E-state index contributed by atoms with van der Waals surface area (Å²) in [4.78, 5) is 30.5. The van der Waals surface area contributed by atoms with Crippen molar-refractivity contribution >= 4 is 23.4 Å². The van der Waals surface area contributed by atoms with Crippen LogP contribution in [0.2, 0.25) is 0 Å². The SMILES string of the molecule is CCOC(=O)C(C1=NC(=O)CC(C)=N1)=C(C)O. The number of amides is 1. The van der Waals surface area contributed by atoms with E-state index in [2.05, 4.69) is 9.98 Å². The summed E-state index contributed by atoms with van der Waals surface area (Å²) in [5.74, 6) is -1.49. The van der Waals surface area contributed by atoms with Crippen LogP contribution in [0.15, 0.2) is 21.3 Å². The lowest BCUT2D eigenvalue weighted by molar-refractivity contribution is -0.138. The van der Waals surface area contributed by atoms with Crippen LogP contribution in [0.4, 0.5) is 0 Å². The lowest BCUT2D eigenvalue weighted by Crippen LogP contribution is -2.22. The van der Waals surface area contributed by atoms with Gasteiger partial charge in [-0.3, -0.25) is 4.79 Å². The normalized spacial score (nSPS) is 17.0. The summed E-state index contributed by atoms with van der Waals surface area (Å²) in [6.07, 6.45) is 0.129. The molecule has 0 bridgehead atoms. The van der Waals surface area contributed by atoms with Crippen LogP contribution in [-0.4, -0.2) is 35.1 Å². The molecule has 1 heterocycles. The highest BCUT2D eigenvalue weighted by Crippen LogP contribution is 2.13. The average molecular weight is 238 g/mol. The molecule has 17 heavy (non-hydrogen) atoms. The highest BCUT2D eigenvalue weighted by molar-refractivity contribution is 6.27. The van der Waals surface area contributed by atoms with Crippen molar-refractivity contribution in [3.05, 3.63) is 11.3 Å². The monoisotopic (exact) mass is 238 g/mol. The van der Waals surface area contributed by atoms with Crippen LogP contribution in [0.3, 0.4) is 0 Å². The zero-order valence-corrected chi connectivity index (χ0v) is 9.98. The van der Waals surface area contributed by atoms with E-state index >= 15 is 0 Å². The molecule has 0 atom stereocenters. The Bertz CT molecular complexity index is 442. The van der Waals surface area contributed by atoms with Crippen LogP contribution in [0.5, 0.6) is 0 Å². The van der Waals surface area contributed by atoms with E-state index in [1.54, 1.807) is 13.8 Å². The summed E-state index contributed by atoms with van der Waals surface area (Å²) < 4.78 is 4.77. The summed E-state index contributed by atoms with van der Waals surface area (Å²) in [6.45, 7) is 4.78. The Labute approximate surface area is 98.7 Å². The van der Waals surface area contributed by atoms with E-state index in [-0.39, 0.29) is 30.2 Å². The van der Waals surface area contributed by atoms with Crippen molar-refractivity contribution in [1.82, 2.24) is 0 Å². The first-order valence-corrected chi connectivity index (χ1v) is 5.18. The molecule has 0 aromatic carbocycles. The van der Waals surface area contributed by atoms with Gasteiger partial charge in [-0.05, 0) is 20.8 Å². The molecule has 0 unspecified atom stereocenters. The van der Waals surface area contributed by atoms with Gasteiger partial charge in [0.05, 0.1) is 13.0 Å². The third kappa shape index (κ3) is 3.24. The molecule has 6 nitrogen and oxygen atoms in total. The largest absolute Gasteiger partial charge is 0.512 e. The number of hydrogen-bond acceptors (Lipinski definition) is 5. The number of aliphatic hydroxyl groups excluding tert-OH is 1. The number of aliphatic imine (C=N–C) groups is 2. The first kappa shape index (κ1) is 13.1. The van der Waals surface area contributed by atoms with Crippen LogP contribution in [0.1, 0.15) is 27.2 Å². The second-order valence-electron chi connectivity index (χ2n) is 3.53. The number of ether oxygens (including phenoxy) is 1. The van der Waals surface area contributed by atoms with E-state index in [0.717, 1.165) is 0 Å². The summed E-state index contributed by atoms with van der Waals surface area (Å²) >= 11 is 0. The predicted octanol–water partition coefficient (Wildman–Crippen LogP) is 1.17. The Morgan fingerprint density at radius 1 is 1.47 bits per heavy atom. The van der Waals surface area contributed by atoms with Crippen LogP contribution in [-0.2, 0) is 14.3 Å². The van der Waals surface area contributed by atoms with Gasteiger partial charge in [-0.1, -0.05) is 0 Å². The minimum absolute atomic E-state index is 0.0859. The zero-order chi connectivity index (χ0) is 13.0. The predicted molar refractivity (Wildman–Crippen MR) is 62.1 cm³/mol. The molecule has 1 aliphatic rings. The maximum atomic E-state index is 11.6. The number of carbonyl (C=O) groups is 2. The van der Waals surface area contributed by atoms with Gasteiger partial charge in [0, 0.05) is 5.71 Å². The number of rotatable bonds is 3. The first-order chi connectivity index (χ1) is 7.95. The van der Waals surface area contributed by atoms with Crippen molar-refractivity contribution in [3.8, 4) is 0 Å². The maximum absolute atomic E-state index is 11.6. The van der Waals surface area contributed by atoms with Gasteiger partial charge in [0.1, 0.15) is 11.3 Å². The van der Waals surface area contributed by atoms with E-state index in [9.17, 15) is 14.7 Å². The molecule has 1 amide bonds. The second kappa shape index (κ2) is 5.38. The fraction of sp³-hybridized carbons (Fsp3) is 0.455. The lowest BCUT2D eigenvalue weighted by Gasteiger charge is -2.11. The number of carbonyl (C=O) groups excluding carboxylic acids is 2. The van der Waals surface area contributed by atoms with Gasteiger partial charge in [-0.25, -0.2) is 9.79 Å². The second-order valence-corrected chi connectivity index (χ2v) is 3.53. The molecule has 0 aromatic heterocycles. The van der Waals surface area contributed by atoms with Crippen molar-refractivity contribution in [3.63, 3.8) is 0 Å². The Kier molecular flexibility index (Phi) is 4.14. The molecular formula is C11H14N2O4. The highest BCUT2D eigenvalue weighted by Gasteiger charge is 2.24. The summed E-state index contributed by atoms with van der Waals surface area (Å²) in [6, 6.07) is 0. The Hall–Kier alpha value is -1.98. The van der Waals surface area contributed by atoms with Gasteiger partial charge in [-0.15, -0.1) is 0 Å². The number of amidine groups is 1. The van der Waals surface area contributed by atoms with E-state index < -0.39 is 11.9 Å². The summed E-state index contributed by atoms with van der Waals surface area (Å²) in [7, 11) is 0. The molecule has 0 radical (unpaired) electrons. The van der Waals surface area contributed by atoms with Crippen molar-refractivity contribution in [1.29, 1.82) is 0 Å². The quantitative estimate of drug-likeness (QED) is 0.454. The Morgan fingerprint density at radius 2 is 2.12 bits per heavy atom. The van der Waals surface area contributed by atoms with Gasteiger partial charge in [-0.2, -0.15) is 4.99 Å². The number of hydrogen-bond donors (Lipinski definition) is 1. The average Bonchev–Trinajstić information content (AvgIpc) is 2.15. The van der Waals surface area contributed by atoms with Crippen molar-refractivity contribution in [2.24, 2.45) is 9.98 Å². The van der Waals surface area contributed by atoms with Gasteiger partial charge >= 0.3 is 5.97 Å². The van der Waals surface area contributed by atoms with E-state index in [1.807, 2.05) is 0 Å². The molecule has 92 valence electrons. The molecule has 0 spiro atoms. The number of nitrogens with zero attached hydrogens (tertiary/aromatic N) is 2. The molecule has 1 N–H and O–H groups in total. The van der Waals surface area contributed by atoms with Gasteiger partial charge in [0.25, 0.3) is 5.91 Å². The molecule has 0 aliphatic carbocycles. The molecule has 0 saturated carbocycles. The zero-order valence-electron chi connectivity index (χ0n) is 9.98. The lowest BCUT2D eigenvalue weighted by atomic mass is 10.1. The van der Waals surface area contributed by atoms with E-state index in [1.165, 1.54) is 6.92 Å². The first-order valence-electron chi connectivity index (χ1n) is 5.18. The minimum Gasteiger partial charge on any atom is -0.512 e. The number of allylic oxidation sites excluding steroid dienone is 1. The van der Waals surface area contributed by atoms with Gasteiger partial charge in [0.15, 0.2) is 5.84 Å². The summed E-state index contributed by atoms with van der Waals surface area (Å²) in [5, 5.41) is 9.45. The summed E-state index contributed by atoms with van der Waals surface area (Å²) in [5.41, 5.74) is 0.377. The van der Waals surface area contributed by atoms with Gasteiger partial charge in [0.2, 0.25) is 0 Å². The van der Waals surface area contributed by atoms with Crippen LogP contribution >= 0.6 is 0 Å². The molecule has 1 rings (SSSR count). The Balaban J connectivity index is 3.14. The third-order valence-corrected chi connectivity index (χ3v) is 2.00. The molecule has 0 saturated heterocycles. The molecule has 0 fully saturated rings. The van der Waals surface area contributed by atoms with Crippen molar-refractivity contribution < 1.29 is 19.4 Å². The molecule has 0 aromatic rings. The fourth-order valence-corrected chi connectivity index (χ4v) is 1.34. The smallest absolute Gasteiger partial charge is 0.345 e.